The van der Waals surface area contributed by atoms with Crippen molar-refractivity contribution < 1.29 is 9.13 Å². The molecule has 1 aliphatic rings. The van der Waals surface area contributed by atoms with Gasteiger partial charge in [-0.05, 0) is 59.7 Å². The van der Waals surface area contributed by atoms with Crippen molar-refractivity contribution >= 4 is 23.0 Å². The predicted octanol–water partition coefficient (Wildman–Crippen LogP) is 5.84. The lowest BCUT2D eigenvalue weighted by molar-refractivity contribution is 0.415. The first-order valence-electron chi connectivity index (χ1n) is 8.67. The second kappa shape index (κ2) is 7.41. The standard InChI is InChI=1S/C22H18ClFN2O/c1-27-18-12-8-15(9-13-18)20-14-22(16-6-10-17(24)11-7-16)26(25-20)21-5-3-2-4-19(21)23/h2-13,22H,14H2,1H3/t22-/m1/s1. The van der Waals surface area contributed by atoms with Crippen LogP contribution in [0.2, 0.25) is 5.02 Å². The van der Waals surface area contributed by atoms with Crippen LogP contribution >= 0.6 is 11.6 Å². The van der Waals surface area contributed by atoms with E-state index in [1.54, 1.807) is 19.2 Å². The quantitative estimate of drug-likeness (QED) is 0.567. The molecule has 0 saturated carbocycles. The first-order chi connectivity index (χ1) is 13.2. The van der Waals surface area contributed by atoms with Gasteiger partial charge in [-0.25, -0.2) is 4.39 Å². The van der Waals surface area contributed by atoms with Crippen molar-refractivity contribution in [1.82, 2.24) is 0 Å². The van der Waals surface area contributed by atoms with E-state index in [1.165, 1.54) is 12.1 Å². The molecular formula is C22H18ClFN2O. The number of hydrazone groups is 1. The molecule has 0 amide bonds. The van der Waals surface area contributed by atoms with Crippen LogP contribution in [0.15, 0.2) is 77.9 Å². The van der Waals surface area contributed by atoms with Crippen LogP contribution in [-0.4, -0.2) is 12.8 Å². The number of ether oxygens (including phenoxy) is 1. The molecule has 4 rings (SSSR count). The highest BCUT2D eigenvalue weighted by atomic mass is 35.5. The van der Waals surface area contributed by atoms with Gasteiger partial charge in [-0.3, -0.25) is 5.01 Å². The van der Waals surface area contributed by atoms with Gasteiger partial charge in [0.1, 0.15) is 11.6 Å². The van der Waals surface area contributed by atoms with Crippen molar-refractivity contribution in [3.63, 3.8) is 0 Å². The Balaban J connectivity index is 1.75. The van der Waals surface area contributed by atoms with Gasteiger partial charge >= 0.3 is 0 Å². The summed E-state index contributed by atoms with van der Waals surface area (Å²) < 4.78 is 18.6. The maximum Gasteiger partial charge on any atom is 0.123 e. The van der Waals surface area contributed by atoms with Gasteiger partial charge in [0, 0.05) is 6.42 Å². The molecule has 3 nitrogen and oxygen atoms in total. The predicted molar refractivity (Wildman–Crippen MR) is 107 cm³/mol. The fraction of sp³-hybridized carbons (Fsp3) is 0.136. The number of hydrogen-bond acceptors (Lipinski definition) is 3. The number of halogens is 2. The van der Waals surface area contributed by atoms with Crippen LogP contribution in [0.3, 0.4) is 0 Å². The number of rotatable bonds is 4. The zero-order chi connectivity index (χ0) is 18.8. The zero-order valence-electron chi connectivity index (χ0n) is 14.8. The van der Waals surface area contributed by atoms with Crippen molar-refractivity contribution in [3.05, 3.63) is 94.8 Å². The number of nitrogens with zero attached hydrogens (tertiary/aromatic N) is 2. The fourth-order valence-electron chi connectivity index (χ4n) is 3.27. The third-order valence-electron chi connectivity index (χ3n) is 4.69. The third-order valence-corrected chi connectivity index (χ3v) is 5.01. The topological polar surface area (TPSA) is 24.8 Å². The first-order valence-corrected chi connectivity index (χ1v) is 9.04. The monoisotopic (exact) mass is 380 g/mol. The molecule has 0 saturated heterocycles. The summed E-state index contributed by atoms with van der Waals surface area (Å²) in [6.45, 7) is 0. The Hall–Kier alpha value is -2.85. The first kappa shape index (κ1) is 17.6. The molecule has 0 bridgehead atoms. The summed E-state index contributed by atoms with van der Waals surface area (Å²) in [5.41, 5.74) is 3.80. The van der Waals surface area contributed by atoms with E-state index in [4.69, 9.17) is 21.4 Å². The van der Waals surface area contributed by atoms with Gasteiger partial charge < -0.3 is 4.74 Å². The minimum absolute atomic E-state index is 0.0531. The molecule has 5 heteroatoms. The van der Waals surface area contributed by atoms with Gasteiger partial charge in [0.15, 0.2) is 0 Å². The Labute approximate surface area is 162 Å². The summed E-state index contributed by atoms with van der Waals surface area (Å²) >= 11 is 6.43. The highest BCUT2D eigenvalue weighted by Crippen LogP contribution is 2.39. The summed E-state index contributed by atoms with van der Waals surface area (Å²) in [6, 6.07) is 22.0. The highest BCUT2D eigenvalue weighted by Gasteiger charge is 2.30. The van der Waals surface area contributed by atoms with Crippen molar-refractivity contribution in [2.75, 3.05) is 12.1 Å². The molecule has 0 unspecified atom stereocenters. The zero-order valence-corrected chi connectivity index (χ0v) is 15.5. The lowest BCUT2D eigenvalue weighted by atomic mass is 9.98. The van der Waals surface area contributed by atoms with E-state index in [2.05, 4.69) is 0 Å². The molecule has 0 N–H and O–H groups in total. The van der Waals surface area contributed by atoms with Gasteiger partial charge in [-0.1, -0.05) is 35.9 Å². The minimum atomic E-state index is -0.252. The highest BCUT2D eigenvalue weighted by molar-refractivity contribution is 6.33. The Kier molecular flexibility index (Phi) is 4.82. The molecule has 3 aromatic rings. The lowest BCUT2D eigenvalue weighted by Crippen LogP contribution is -2.18. The van der Waals surface area contributed by atoms with Crippen LogP contribution < -0.4 is 9.75 Å². The third kappa shape index (κ3) is 3.53. The molecule has 0 aliphatic carbocycles. The normalized spacial score (nSPS) is 16.3. The number of para-hydroxylation sites is 1. The van der Waals surface area contributed by atoms with Crippen LogP contribution in [-0.2, 0) is 0 Å². The summed E-state index contributed by atoms with van der Waals surface area (Å²) in [4.78, 5) is 0. The molecule has 1 heterocycles. The average Bonchev–Trinajstić information content (AvgIpc) is 3.14. The number of benzene rings is 3. The van der Waals surface area contributed by atoms with Crippen LogP contribution in [0.5, 0.6) is 5.75 Å². The van der Waals surface area contributed by atoms with Crippen LogP contribution in [0.1, 0.15) is 23.6 Å². The van der Waals surface area contributed by atoms with Crippen LogP contribution in [0.4, 0.5) is 10.1 Å². The van der Waals surface area contributed by atoms with E-state index in [0.717, 1.165) is 28.3 Å². The molecule has 0 spiro atoms. The van der Waals surface area contributed by atoms with Crippen LogP contribution in [0, 0.1) is 5.82 Å². The maximum atomic E-state index is 13.4. The Morgan fingerprint density at radius 2 is 1.70 bits per heavy atom. The summed E-state index contributed by atoms with van der Waals surface area (Å²) in [6.07, 6.45) is 0.698. The maximum absolute atomic E-state index is 13.4. The van der Waals surface area contributed by atoms with Crippen molar-refractivity contribution in [2.24, 2.45) is 5.10 Å². The largest absolute Gasteiger partial charge is 0.497 e. The summed E-state index contributed by atoms with van der Waals surface area (Å²) in [5, 5.41) is 7.41. The molecule has 1 aliphatic heterocycles. The molecular weight excluding hydrogens is 363 g/mol. The van der Waals surface area contributed by atoms with E-state index in [0.29, 0.717) is 11.4 Å². The van der Waals surface area contributed by atoms with Crippen molar-refractivity contribution in [3.8, 4) is 5.75 Å². The van der Waals surface area contributed by atoms with Crippen molar-refractivity contribution in [1.29, 1.82) is 0 Å². The number of methoxy groups -OCH3 is 1. The van der Waals surface area contributed by atoms with E-state index in [1.807, 2.05) is 53.5 Å². The Bertz CT molecular complexity index is 970. The molecule has 0 aromatic heterocycles. The minimum Gasteiger partial charge on any atom is -0.497 e. The molecule has 27 heavy (non-hydrogen) atoms. The van der Waals surface area contributed by atoms with Gasteiger partial charge in [0.25, 0.3) is 0 Å². The number of anilines is 1. The van der Waals surface area contributed by atoms with Gasteiger partial charge in [-0.15, -0.1) is 0 Å². The molecule has 136 valence electrons. The Morgan fingerprint density at radius 1 is 1.00 bits per heavy atom. The molecule has 0 radical (unpaired) electrons. The molecule has 1 atom stereocenters. The van der Waals surface area contributed by atoms with E-state index >= 15 is 0 Å². The summed E-state index contributed by atoms with van der Waals surface area (Å²) in [7, 11) is 1.64. The lowest BCUT2D eigenvalue weighted by Gasteiger charge is -2.24. The SMILES string of the molecule is COc1ccc(C2=NN(c3ccccc3Cl)[C@@H](c3ccc(F)cc3)C2)cc1. The van der Waals surface area contributed by atoms with Gasteiger partial charge in [-0.2, -0.15) is 5.10 Å². The summed E-state index contributed by atoms with van der Waals surface area (Å²) in [5.74, 6) is 0.549. The smallest absolute Gasteiger partial charge is 0.123 e. The van der Waals surface area contributed by atoms with Gasteiger partial charge in [0.05, 0.1) is 29.6 Å². The van der Waals surface area contributed by atoms with Gasteiger partial charge in [0.2, 0.25) is 0 Å². The average molecular weight is 381 g/mol. The second-order valence-corrected chi connectivity index (χ2v) is 6.75. The molecule has 3 aromatic carbocycles. The fourth-order valence-corrected chi connectivity index (χ4v) is 3.49. The molecule has 0 fully saturated rings. The van der Waals surface area contributed by atoms with Crippen molar-refractivity contribution in [2.45, 2.75) is 12.5 Å². The van der Waals surface area contributed by atoms with E-state index in [9.17, 15) is 4.39 Å². The second-order valence-electron chi connectivity index (χ2n) is 6.34. The number of hydrogen-bond donors (Lipinski definition) is 0. The Morgan fingerprint density at radius 3 is 2.37 bits per heavy atom. The van der Waals surface area contributed by atoms with E-state index < -0.39 is 0 Å². The van der Waals surface area contributed by atoms with Crippen LogP contribution in [0.25, 0.3) is 0 Å². The van der Waals surface area contributed by atoms with E-state index in [-0.39, 0.29) is 11.9 Å².